The van der Waals surface area contributed by atoms with Gasteiger partial charge in [0.05, 0.1) is 4.92 Å². The Labute approximate surface area is 112 Å². The third-order valence-corrected chi connectivity index (χ3v) is 3.37. The summed E-state index contributed by atoms with van der Waals surface area (Å²) in [6.45, 7) is 1.93. The summed E-state index contributed by atoms with van der Waals surface area (Å²) < 4.78 is 0. The van der Waals surface area contributed by atoms with Crippen molar-refractivity contribution >= 4 is 28.6 Å². The number of aromatic nitrogens is 2. The number of anilines is 1. The number of rotatable bonds is 4. The van der Waals surface area contributed by atoms with Gasteiger partial charge in [0.25, 0.3) is 11.6 Å². The molecule has 19 heavy (non-hydrogen) atoms. The number of hydrogen-bond acceptors (Lipinski definition) is 6. The smallest absolute Gasteiger partial charge is 0.286 e. The monoisotopic (exact) mass is 278 g/mol. The lowest BCUT2D eigenvalue weighted by atomic mass is 10.3. The van der Waals surface area contributed by atoms with E-state index >= 15 is 0 Å². The summed E-state index contributed by atoms with van der Waals surface area (Å²) in [7, 11) is 0. The van der Waals surface area contributed by atoms with Crippen LogP contribution in [0.3, 0.4) is 0 Å². The Morgan fingerprint density at radius 3 is 2.58 bits per heavy atom. The first-order valence-electron chi connectivity index (χ1n) is 5.48. The normalized spacial score (nSPS) is 10.2. The van der Waals surface area contributed by atoms with Crippen molar-refractivity contribution in [3.8, 4) is 0 Å². The molecule has 1 aromatic heterocycles. The summed E-state index contributed by atoms with van der Waals surface area (Å²) in [5.41, 5.74) is 0.450. The van der Waals surface area contributed by atoms with Crippen molar-refractivity contribution in [1.29, 1.82) is 0 Å². The third-order valence-electron chi connectivity index (χ3n) is 2.30. The van der Waals surface area contributed by atoms with Crippen LogP contribution in [-0.4, -0.2) is 21.0 Å². The number of aryl methyl sites for hydroxylation is 1. The van der Waals surface area contributed by atoms with Crippen LogP contribution < -0.4 is 5.32 Å². The van der Waals surface area contributed by atoms with Crippen LogP contribution in [-0.2, 0) is 6.42 Å². The van der Waals surface area contributed by atoms with Gasteiger partial charge in [0.15, 0.2) is 0 Å². The number of nitrogens with one attached hydrogen (secondary N) is 1. The first kappa shape index (κ1) is 13.1. The molecule has 0 aliphatic heterocycles. The van der Waals surface area contributed by atoms with Gasteiger partial charge in [0, 0.05) is 17.8 Å². The number of nitro groups is 1. The lowest BCUT2D eigenvalue weighted by Crippen LogP contribution is -2.11. The fraction of sp³-hybridized carbons (Fsp3) is 0.182. The first-order chi connectivity index (χ1) is 9.10. The highest BCUT2D eigenvalue weighted by molar-refractivity contribution is 7.13. The molecule has 1 heterocycles. The summed E-state index contributed by atoms with van der Waals surface area (Å²) in [6, 6.07) is 5.59. The number of carbonyl (C=O) groups is 1. The van der Waals surface area contributed by atoms with E-state index in [1.165, 1.54) is 35.6 Å². The van der Waals surface area contributed by atoms with Crippen LogP contribution in [0.4, 0.5) is 11.4 Å². The fourth-order valence-electron chi connectivity index (χ4n) is 1.34. The average Bonchev–Trinajstić information content (AvgIpc) is 2.88. The van der Waals surface area contributed by atoms with Gasteiger partial charge < -0.3 is 5.32 Å². The Hall–Kier alpha value is -2.35. The molecule has 0 saturated carbocycles. The molecule has 0 atom stereocenters. The van der Waals surface area contributed by atoms with Crippen molar-refractivity contribution in [3.05, 3.63) is 44.4 Å². The zero-order valence-corrected chi connectivity index (χ0v) is 10.8. The van der Waals surface area contributed by atoms with E-state index in [4.69, 9.17) is 0 Å². The Morgan fingerprint density at radius 2 is 2.05 bits per heavy atom. The van der Waals surface area contributed by atoms with Crippen LogP contribution in [0.1, 0.15) is 21.7 Å². The lowest BCUT2D eigenvalue weighted by molar-refractivity contribution is -0.384. The van der Waals surface area contributed by atoms with Gasteiger partial charge in [-0.15, -0.1) is 10.2 Å². The van der Waals surface area contributed by atoms with Crippen LogP contribution >= 0.6 is 11.3 Å². The predicted octanol–water partition coefficient (Wildman–Crippen LogP) is 2.26. The molecule has 0 unspecified atom stereocenters. The largest absolute Gasteiger partial charge is 0.320 e. The van der Waals surface area contributed by atoms with E-state index in [2.05, 4.69) is 15.5 Å². The second kappa shape index (κ2) is 5.53. The summed E-state index contributed by atoms with van der Waals surface area (Å²) in [5, 5.41) is 21.8. The minimum Gasteiger partial charge on any atom is -0.320 e. The summed E-state index contributed by atoms with van der Waals surface area (Å²) in [6.07, 6.45) is 0.725. The van der Waals surface area contributed by atoms with Gasteiger partial charge >= 0.3 is 0 Å². The molecular formula is C11H10N4O3S. The Bertz CT molecular complexity index is 609. The van der Waals surface area contributed by atoms with Crippen molar-refractivity contribution in [1.82, 2.24) is 10.2 Å². The molecular weight excluding hydrogens is 268 g/mol. The number of non-ortho nitro benzene ring substituents is 1. The maximum atomic E-state index is 11.8. The van der Waals surface area contributed by atoms with Gasteiger partial charge in [0.1, 0.15) is 5.01 Å². The van der Waals surface area contributed by atoms with Crippen LogP contribution in [0.5, 0.6) is 0 Å². The van der Waals surface area contributed by atoms with E-state index in [0.29, 0.717) is 5.69 Å². The molecule has 1 N–H and O–H groups in total. The SMILES string of the molecule is CCc1nnc(C(=O)Nc2ccc([N+](=O)[O-])cc2)s1. The maximum absolute atomic E-state index is 11.8. The maximum Gasteiger partial charge on any atom is 0.286 e. The van der Waals surface area contributed by atoms with Crippen molar-refractivity contribution < 1.29 is 9.72 Å². The van der Waals surface area contributed by atoms with Crippen LogP contribution in [0.25, 0.3) is 0 Å². The molecule has 1 aromatic carbocycles. The molecule has 0 fully saturated rings. The predicted molar refractivity (Wildman–Crippen MR) is 70.3 cm³/mol. The van der Waals surface area contributed by atoms with Gasteiger partial charge in [0.2, 0.25) is 5.01 Å². The van der Waals surface area contributed by atoms with Gasteiger partial charge in [-0.3, -0.25) is 14.9 Å². The van der Waals surface area contributed by atoms with E-state index in [0.717, 1.165) is 11.4 Å². The van der Waals surface area contributed by atoms with Crippen LogP contribution in [0.15, 0.2) is 24.3 Å². The van der Waals surface area contributed by atoms with Crippen LogP contribution in [0, 0.1) is 10.1 Å². The van der Waals surface area contributed by atoms with E-state index in [1.54, 1.807) is 0 Å². The molecule has 2 aromatic rings. The van der Waals surface area contributed by atoms with E-state index in [1.807, 2.05) is 6.92 Å². The van der Waals surface area contributed by atoms with Gasteiger partial charge in [-0.1, -0.05) is 18.3 Å². The standard InChI is InChI=1S/C11H10N4O3S/c1-2-9-13-14-11(19-9)10(16)12-7-3-5-8(6-4-7)15(17)18/h3-6H,2H2,1H3,(H,12,16). The van der Waals surface area contributed by atoms with Crippen molar-refractivity contribution in [2.24, 2.45) is 0 Å². The zero-order valence-electron chi connectivity index (χ0n) is 9.99. The second-order valence-corrected chi connectivity index (χ2v) is 4.67. The average molecular weight is 278 g/mol. The Morgan fingerprint density at radius 1 is 1.37 bits per heavy atom. The highest BCUT2D eigenvalue weighted by Gasteiger charge is 2.13. The summed E-state index contributed by atoms with van der Waals surface area (Å²) >= 11 is 1.23. The fourth-order valence-corrected chi connectivity index (χ4v) is 2.01. The summed E-state index contributed by atoms with van der Waals surface area (Å²) in [5.74, 6) is -0.369. The Balaban J connectivity index is 2.08. The molecule has 0 saturated heterocycles. The first-order valence-corrected chi connectivity index (χ1v) is 6.30. The molecule has 98 valence electrons. The molecule has 0 spiro atoms. The number of nitrogens with zero attached hydrogens (tertiary/aromatic N) is 3. The second-order valence-electron chi connectivity index (χ2n) is 3.61. The minimum absolute atomic E-state index is 0.0258. The topological polar surface area (TPSA) is 98.0 Å². The van der Waals surface area contributed by atoms with Gasteiger partial charge in [-0.2, -0.15) is 0 Å². The molecule has 0 radical (unpaired) electrons. The van der Waals surface area contributed by atoms with Crippen molar-refractivity contribution in [2.75, 3.05) is 5.32 Å². The van der Waals surface area contributed by atoms with E-state index in [9.17, 15) is 14.9 Å². The highest BCUT2D eigenvalue weighted by Crippen LogP contribution is 2.17. The molecule has 2 rings (SSSR count). The number of nitro benzene ring substituents is 1. The van der Waals surface area contributed by atoms with Gasteiger partial charge in [-0.05, 0) is 18.6 Å². The summed E-state index contributed by atoms with van der Waals surface area (Å²) in [4.78, 5) is 21.8. The zero-order chi connectivity index (χ0) is 13.8. The van der Waals surface area contributed by atoms with Crippen LogP contribution in [0.2, 0.25) is 0 Å². The number of benzene rings is 1. The molecule has 0 aliphatic carbocycles. The lowest BCUT2D eigenvalue weighted by Gasteiger charge is -2.01. The Kier molecular flexibility index (Phi) is 3.81. The van der Waals surface area contributed by atoms with Crippen molar-refractivity contribution in [2.45, 2.75) is 13.3 Å². The number of hydrogen-bond donors (Lipinski definition) is 1. The van der Waals surface area contributed by atoms with E-state index < -0.39 is 4.92 Å². The molecule has 1 amide bonds. The molecule has 0 bridgehead atoms. The van der Waals surface area contributed by atoms with E-state index in [-0.39, 0.29) is 16.6 Å². The molecule has 8 heteroatoms. The van der Waals surface area contributed by atoms with Gasteiger partial charge in [-0.25, -0.2) is 0 Å². The number of amides is 1. The van der Waals surface area contributed by atoms with Crippen molar-refractivity contribution in [3.63, 3.8) is 0 Å². The minimum atomic E-state index is -0.496. The third kappa shape index (κ3) is 3.10. The molecule has 0 aliphatic rings. The quantitative estimate of drug-likeness (QED) is 0.683. The molecule has 7 nitrogen and oxygen atoms in total. The highest BCUT2D eigenvalue weighted by atomic mass is 32.1. The number of carbonyl (C=O) groups excluding carboxylic acids is 1.